The van der Waals surface area contributed by atoms with E-state index in [2.05, 4.69) is 10.6 Å². The Hall–Kier alpha value is -3.06. The number of hydrogen-bond donors (Lipinski definition) is 3. The van der Waals surface area contributed by atoms with Crippen molar-refractivity contribution in [1.82, 2.24) is 5.32 Å². The molecule has 2 aromatic carbocycles. The zero-order chi connectivity index (χ0) is 19.1. The zero-order valence-electron chi connectivity index (χ0n) is 13.9. The minimum Gasteiger partial charge on any atom is -0.480 e. The van der Waals surface area contributed by atoms with Gasteiger partial charge in [-0.25, -0.2) is 4.79 Å². The van der Waals surface area contributed by atoms with Gasteiger partial charge in [0.15, 0.2) is 0 Å². The first-order chi connectivity index (χ1) is 12.3. The quantitative estimate of drug-likeness (QED) is 0.717. The van der Waals surface area contributed by atoms with Crippen molar-refractivity contribution >= 4 is 35.3 Å². The van der Waals surface area contributed by atoms with Gasteiger partial charge in [0.1, 0.15) is 12.6 Å². The summed E-state index contributed by atoms with van der Waals surface area (Å²) in [6.07, 6.45) is -0.707. The Labute approximate surface area is 154 Å². The molecule has 1 atom stereocenters. The van der Waals surface area contributed by atoms with Crippen molar-refractivity contribution < 1.29 is 24.2 Å². The summed E-state index contributed by atoms with van der Waals surface area (Å²) in [4.78, 5) is 34.8. The molecule has 3 N–H and O–H groups in total. The molecule has 136 valence electrons. The Morgan fingerprint density at radius 2 is 1.85 bits per heavy atom. The number of hydrogen-bond acceptors (Lipinski definition) is 4. The van der Waals surface area contributed by atoms with Crippen molar-refractivity contribution in [2.75, 3.05) is 5.32 Å². The van der Waals surface area contributed by atoms with Gasteiger partial charge in [0.25, 0.3) is 5.91 Å². The molecule has 26 heavy (non-hydrogen) atoms. The highest BCUT2D eigenvalue weighted by Crippen LogP contribution is 2.19. The van der Waals surface area contributed by atoms with E-state index in [1.807, 2.05) is 30.3 Å². The van der Waals surface area contributed by atoms with E-state index in [0.717, 1.165) is 5.56 Å². The summed E-state index contributed by atoms with van der Waals surface area (Å²) in [7, 11) is 0. The molecule has 0 aliphatic carbocycles. The maximum atomic E-state index is 12.1. The Balaban J connectivity index is 2.01. The van der Waals surface area contributed by atoms with E-state index in [9.17, 15) is 14.4 Å². The van der Waals surface area contributed by atoms with E-state index in [-0.39, 0.29) is 22.9 Å². The van der Waals surface area contributed by atoms with Crippen LogP contribution in [0, 0.1) is 0 Å². The Morgan fingerprint density at radius 1 is 1.15 bits per heavy atom. The summed E-state index contributed by atoms with van der Waals surface area (Å²) >= 11 is 5.96. The zero-order valence-corrected chi connectivity index (χ0v) is 14.6. The first-order valence-electron chi connectivity index (χ1n) is 7.67. The molecular weight excluding hydrogens is 360 g/mol. The van der Waals surface area contributed by atoms with Gasteiger partial charge in [-0.05, 0) is 30.7 Å². The molecule has 8 heteroatoms. The maximum absolute atomic E-state index is 12.1. The van der Waals surface area contributed by atoms with Crippen LogP contribution in [0.15, 0.2) is 48.5 Å². The van der Waals surface area contributed by atoms with Gasteiger partial charge in [-0.2, -0.15) is 0 Å². The van der Waals surface area contributed by atoms with Gasteiger partial charge in [0.05, 0.1) is 0 Å². The van der Waals surface area contributed by atoms with E-state index < -0.39 is 24.0 Å². The molecule has 0 spiro atoms. The monoisotopic (exact) mass is 376 g/mol. The highest BCUT2D eigenvalue weighted by molar-refractivity contribution is 6.31. The minimum absolute atomic E-state index is 0.0940. The fraction of sp³-hybridized carbons (Fsp3) is 0.167. The summed E-state index contributed by atoms with van der Waals surface area (Å²) < 4.78 is 5.10. The first-order valence-corrected chi connectivity index (χ1v) is 8.05. The van der Waals surface area contributed by atoms with Gasteiger partial charge in [-0.1, -0.05) is 41.9 Å². The number of rotatable bonds is 6. The van der Waals surface area contributed by atoms with Crippen LogP contribution in [-0.4, -0.2) is 29.1 Å². The van der Waals surface area contributed by atoms with Gasteiger partial charge < -0.3 is 15.2 Å². The van der Waals surface area contributed by atoms with Crippen molar-refractivity contribution in [3.8, 4) is 0 Å². The van der Waals surface area contributed by atoms with Crippen LogP contribution in [-0.2, 0) is 16.1 Å². The number of carbonyl (C=O) groups excluding carboxylic acids is 2. The number of benzene rings is 2. The molecule has 2 amide bonds. The second kappa shape index (κ2) is 8.87. The molecule has 0 saturated carbocycles. The van der Waals surface area contributed by atoms with Gasteiger partial charge >= 0.3 is 12.1 Å². The smallest absolute Gasteiger partial charge is 0.411 e. The number of nitrogens with one attached hydrogen (secondary N) is 2. The average Bonchev–Trinajstić information content (AvgIpc) is 2.60. The van der Waals surface area contributed by atoms with Crippen LogP contribution in [0.3, 0.4) is 0 Å². The fourth-order valence-electron chi connectivity index (χ4n) is 2.01. The number of anilines is 1. The van der Waals surface area contributed by atoms with E-state index in [0.29, 0.717) is 0 Å². The second-order valence-electron chi connectivity index (χ2n) is 5.45. The Morgan fingerprint density at radius 3 is 2.50 bits per heavy atom. The summed E-state index contributed by atoms with van der Waals surface area (Å²) in [6, 6.07) is 12.3. The lowest BCUT2D eigenvalue weighted by Crippen LogP contribution is -2.38. The first kappa shape index (κ1) is 19.3. The molecule has 0 aliphatic heterocycles. The summed E-state index contributed by atoms with van der Waals surface area (Å²) in [5, 5.41) is 13.8. The molecule has 7 nitrogen and oxygen atoms in total. The Kier molecular flexibility index (Phi) is 6.57. The number of halogens is 1. The van der Waals surface area contributed by atoms with Gasteiger partial charge in [-0.15, -0.1) is 0 Å². The van der Waals surface area contributed by atoms with E-state index in [1.165, 1.54) is 25.1 Å². The summed E-state index contributed by atoms with van der Waals surface area (Å²) in [5.41, 5.74) is 1.20. The molecule has 0 heterocycles. The van der Waals surface area contributed by atoms with Crippen LogP contribution in [0.5, 0.6) is 0 Å². The number of aliphatic carboxylic acids is 1. The Bertz CT molecular complexity index is 810. The van der Waals surface area contributed by atoms with Crippen molar-refractivity contribution in [1.29, 1.82) is 0 Å². The highest BCUT2D eigenvalue weighted by Gasteiger charge is 2.16. The molecule has 0 radical (unpaired) electrons. The van der Waals surface area contributed by atoms with Crippen LogP contribution >= 0.6 is 11.6 Å². The van der Waals surface area contributed by atoms with Crippen LogP contribution < -0.4 is 10.6 Å². The lowest BCUT2D eigenvalue weighted by molar-refractivity contribution is -0.138. The van der Waals surface area contributed by atoms with Gasteiger partial charge in [-0.3, -0.25) is 14.9 Å². The highest BCUT2D eigenvalue weighted by atomic mass is 35.5. The molecule has 0 bridgehead atoms. The van der Waals surface area contributed by atoms with E-state index >= 15 is 0 Å². The summed E-state index contributed by atoms with van der Waals surface area (Å²) in [5.74, 6) is -1.79. The van der Waals surface area contributed by atoms with Crippen LogP contribution in [0.1, 0.15) is 22.8 Å². The van der Waals surface area contributed by atoms with Crippen molar-refractivity contribution in [2.45, 2.75) is 19.6 Å². The van der Waals surface area contributed by atoms with Gasteiger partial charge in [0.2, 0.25) is 0 Å². The molecule has 0 fully saturated rings. The molecule has 0 unspecified atom stereocenters. The van der Waals surface area contributed by atoms with Crippen molar-refractivity contribution in [3.05, 3.63) is 64.7 Å². The number of amides is 2. The van der Waals surface area contributed by atoms with Crippen LogP contribution in [0.4, 0.5) is 10.5 Å². The van der Waals surface area contributed by atoms with Crippen LogP contribution in [0.2, 0.25) is 5.02 Å². The second-order valence-corrected chi connectivity index (χ2v) is 5.89. The number of carboxylic acids is 1. The van der Waals surface area contributed by atoms with E-state index in [1.54, 1.807) is 0 Å². The molecular formula is C18H17ClN2O5. The largest absolute Gasteiger partial charge is 0.480 e. The third kappa shape index (κ3) is 5.78. The third-order valence-electron chi connectivity index (χ3n) is 3.34. The number of ether oxygens (including phenoxy) is 1. The van der Waals surface area contributed by atoms with Gasteiger partial charge in [0, 0.05) is 16.3 Å². The number of carbonyl (C=O) groups is 3. The van der Waals surface area contributed by atoms with E-state index in [4.69, 9.17) is 21.4 Å². The third-order valence-corrected chi connectivity index (χ3v) is 3.56. The molecule has 2 aromatic rings. The number of carboxylic acid groups (broad SMARTS) is 1. The maximum Gasteiger partial charge on any atom is 0.411 e. The predicted octanol–water partition coefficient (Wildman–Crippen LogP) is 3.29. The molecule has 0 aromatic heterocycles. The minimum atomic E-state index is -1.16. The normalized spacial score (nSPS) is 11.3. The van der Waals surface area contributed by atoms with Crippen LogP contribution in [0.25, 0.3) is 0 Å². The molecule has 0 aliphatic rings. The standard InChI is InChI=1S/C18H17ClN2O5/c1-11(17(23)24)20-16(22)13-7-14(19)9-15(8-13)21-18(25)26-10-12-5-3-2-4-6-12/h2-9,11H,10H2,1H3,(H,20,22)(H,21,25)(H,23,24)/t11-/m0/s1. The topological polar surface area (TPSA) is 105 Å². The lowest BCUT2D eigenvalue weighted by Gasteiger charge is -2.12. The fourth-order valence-corrected chi connectivity index (χ4v) is 2.25. The predicted molar refractivity (Wildman–Crippen MR) is 96.3 cm³/mol. The molecule has 0 saturated heterocycles. The SMILES string of the molecule is C[C@H](NC(=O)c1cc(Cl)cc(NC(=O)OCc2ccccc2)c1)C(=O)O. The van der Waals surface area contributed by atoms with Crippen molar-refractivity contribution in [3.63, 3.8) is 0 Å². The lowest BCUT2D eigenvalue weighted by atomic mass is 10.1. The molecule has 2 rings (SSSR count). The van der Waals surface area contributed by atoms with Crippen molar-refractivity contribution in [2.24, 2.45) is 0 Å². The summed E-state index contributed by atoms with van der Waals surface area (Å²) in [6.45, 7) is 1.43. The average molecular weight is 377 g/mol.